The maximum Gasteiger partial charge on any atom is 0.153 e. The van der Waals surface area contributed by atoms with Crippen LogP contribution in [0.5, 0.6) is 0 Å². The molecule has 1 aromatic rings. The molecule has 0 saturated heterocycles. The SMILES string of the molecule is CCCCc1nc(C(C)CC)nnc1C(C)(C)CC. The molecule has 0 fully saturated rings. The summed E-state index contributed by atoms with van der Waals surface area (Å²) >= 11 is 0. The van der Waals surface area contributed by atoms with E-state index in [1.165, 1.54) is 18.5 Å². The molecule has 3 nitrogen and oxygen atoms in total. The van der Waals surface area contributed by atoms with E-state index in [1.54, 1.807) is 0 Å². The Labute approximate surface area is 118 Å². The van der Waals surface area contributed by atoms with Gasteiger partial charge in [-0.1, -0.05) is 48.0 Å². The molecular formula is C16H29N3. The molecule has 0 spiro atoms. The zero-order valence-electron chi connectivity index (χ0n) is 13.5. The number of aromatic nitrogens is 3. The van der Waals surface area contributed by atoms with Gasteiger partial charge in [0.1, 0.15) is 0 Å². The summed E-state index contributed by atoms with van der Waals surface area (Å²) in [4.78, 5) is 4.82. The molecule has 3 heteroatoms. The van der Waals surface area contributed by atoms with E-state index in [1.807, 2.05) is 0 Å². The van der Waals surface area contributed by atoms with E-state index < -0.39 is 0 Å². The molecule has 1 aromatic heterocycles. The van der Waals surface area contributed by atoms with Crippen molar-refractivity contribution in [2.24, 2.45) is 0 Å². The fourth-order valence-corrected chi connectivity index (χ4v) is 1.98. The average Bonchev–Trinajstić information content (AvgIpc) is 2.43. The minimum Gasteiger partial charge on any atom is -0.234 e. The Bertz CT molecular complexity index is 399. The van der Waals surface area contributed by atoms with E-state index in [-0.39, 0.29) is 5.41 Å². The van der Waals surface area contributed by atoms with Crippen LogP contribution >= 0.6 is 0 Å². The third-order valence-corrected chi connectivity index (χ3v) is 4.12. The highest BCUT2D eigenvalue weighted by Gasteiger charge is 2.25. The molecule has 0 aliphatic carbocycles. The van der Waals surface area contributed by atoms with Crippen molar-refractivity contribution in [2.45, 2.75) is 85.0 Å². The molecule has 1 unspecified atom stereocenters. The lowest BCUT2D eigenvalue weighted by Crippen LogP contribution is -2.23. The van der Waals surface area contributed by atoms with Gasteiger partial charge in [0.15, 0.2) is 5.82 Å². The lowest BCUT2D eigenvalue weighted by molar-refractivity contribution is 0.465. The van der Waals surface area contributed by atoms with Crippen LogP contribution in [0.15, 0.2) is 0 Å². The maximum absolute atomic E-state index is 4.82. The third kappa shape index (κ3) is 3.99. The molecule has 1 atom stereocenters. The van der Waals surface area contributed by atoms with E-state index >= 15 is 0 Å². The van der Waals surface area contributed by atoms with Crippen LogP contribution in [0.3, 0.4) is 0 Å². The number of unbranched alkanes of at least 4 members (excludes halogenated alkanes) is 1. The minimum atomic E-state index is 0.0665. The highest BCUT2D eigenvalue weighted by atomic mass is 15.2. The molecule has 0 radical (unpaired) electrons. The molecule has 0 aliphatic heterocycles. The fourth-order valence-electron chi connectivity index (χ4n) is 1.98. The summed E-state index contributed by atoms with van der Waals surface area (Å²) in [6.07, 6.45) is 5.50. The molecule has 0 saturated carbocycles. The van der Waals surface area contributed by atoms with Crippen LogP contribution in [0.4, 0.5) is 0 Å². The van der Waals surface area contributed by atoms with Crippen LogP contribution in [-0.2, 0) is 11.8 Å². The van der Waals surface area contributed by atoms with Gasteiger partial charge in [-0.3, -0.25) is 0 Å². The van der Waals surface area contributed by atoms with Crippen LogP contribution in [0.25, 0.3) is 0 Å². The Kier molecular flexibility index (Phi) is 5.89. The lowest BCUT2D eigenvalue weighted by Gasteiger charge is -2.24. The second-order valence-electron chi connectivity index (χ2n) is 6.12. The molecule has 0 aromatic carbocycles. The highest BCUT2D eigenvalue weighted by molar-refractivity contribution is 5.20. The summed E-state index contributed by atoms with van der Waals surface area (Å²) in [6.45, 7) is 13.2. The monoisotopic (exact) mass is 263 g/mol. The quantitative estimate of drug-likeness (QED) is 0.731. The summed E-state index contributed by atoms with van der Waals surface area (Å²) < 4.78 is 0. The number of rotatable bonds is 7. The summed E-state index contributed by atoms with van der Waals surface area (Å²) in [5.74, 6) is 1.30. The van der Waals surface area contributed by atoms with E-state index in [4.69, 9.17) is 4.98 Å². The molecule has 0 amide bonds. The predicted molar refractivity (Wildman–Crippen MR) is 80.5 cm³/mol. The van der Waals surface area contributed by atoms with Crippen molar-refractivity contribution < 1.29 is 0 Å². The van der Waals surface area contributed by atoms with Crippen molar-refractivity contribution in [1.82, 2.24) is 15.2 Å². The molecule has 0 bridgehead atoms. The summed E-state index contributed by atoms with van der Waals surface area (Å²) in [5, 5.41) is 8.90. The van der Waals surface area contributed by atoms with E-state index in [2.05, 4.69) is 51.7 Å². The Balaban J connectivity index is 3.16. The standard InChI is InChI=1S/C16H29N3/c1-7-10-11-13-14(16(5,6)9-3)18-19-15(17-13)12(4)8-2/h12H,7-11H2,1-6H3. The minimum absolute atomic E-state index is 0.0665. The molecule has 1 rings (SSSR count). The van der Waals surface area contributed by atoms with Gasteiger partial charge in [0, 0.05) is 11.3 Å². The number of aryl methyl sites for hydroxylation is 1. The Morgan fingerprint density at radius 3 is 2.32 bits per heavy atom. The van der Waals surface area contributed by atoms with Crippen molar-refractivity contribution in [3.8, 4) is 0 Å². The first-order valence-electron chi connectivity index (χ1n) is 7.70. The largest absolute Gasteiger partial charge is 0.234 e. The first-order chi connectivity index (χ1) is 8.96. The van der Waals surface area contributed by atoms with Gasteiger partial charge in [0.25, 0.3) is 0 Å². The van der Waals surface area contributed by atoms with Crippen LogP contribution in [0, 0.1) is 0 Å². The van der Waals surface area contributed by atoms with Gasteiger partial charge in [-0.2, -0.15) is 5.10 Å². The Hall–Kier alpha value is -0.990. The smallest absolute Gasteiger partial charge is 0.153 e. The summed E-state index contributed by atoms with van der Waals surface area (Å²) in [7, 11) is 0. The van der Waals surface area contributed by atoms with Gasteiger partial charge < -0.3 is 0 Å². The molecule has 19 heavy (non-hydrogen) atoms. The normalized spacial score (nSPS) is 13.6. The number of hydrogen-bond donors (Lipinski definition) is 0. The van der Waals surface area contributed by atoms with Gasteiger partial charge in [-0.25, -0.2) is 4.98 Å². The summed E-state index contributed by atoms with van der Waals surface area (Å²) in [5.41, 5.74) is 2.33. The topological polar surface area (TPSA) is 38.7 Å². The van der Waals surface area contributed by atoms with Crippen molar-refractivity contribution >= 4 is 0 Å². The first kappa shape index (κ1) is 16.1. The van der Waals surface area contributed by atoms with Crippen molar-refractivity contribution in [1.29, 1.82) is 0 Å². The van der Waals surface area contributed by atoms with E-state index in [0.717, 1.165) is 30.8 Å². The molecule has 1 heterocycles. The van der Waals surface area contributed by atoms with Gasteiger partial charge in [0.2, 0.25) is 0 Å². The maximum atomic E-state index is 4.82. The Morgan fingerprint density at radius 2 is 1.79 bits per heavy atom. The lowest BCUT2D eigenvalue weighted by atomic mass is 9.84. The van der Waals surface area contributed by atoms with Crippen LogP contribution in [-0.4, -0.2) is 15.2 Å². The van der Waals surface area contributed by atoms with Crippen LogP contribution in [0.2, 0.25) is 0 Å². The van der Waals surface area contributed by atoms with Crippen molar-refractivity contribution in [3.05, 3.63) is 17.2 Å². The third-order valence-electron chi connectivity index (χ3n) is 4.12. The first-order valence-corrected chi connectivity index (χ1v) is 7.70. The van der Waals surface area contributed by atoms with Gasteiger partial charge in [-0.15, -0.1) is 5.10 Å². The number of nitrogens with zero attached hydrogens (tertiary/aromatic N) is 3. The van der Waals surface area contributed by atoms with Crippen molar-refractivity contribution in [2.75, 3.05) is 0 Å². The zero-order valence-corrected chi connectivity index (χ0v) is 13.5. The van der Waals surface area contributed by atoms with Gasteiger partial charge >= 0.3 is 0 Å². The molecule has 0 aliphatic rings. The average molecular weight is 263 g/mol. The molecular weight excluding hydrogens is 234 g/mol. The second kappa shape index (κ2) is 6.97. The number of hydrogen-bond acceptors (Lipinski definition) is 3. The van der Waals surface area contributed by atoms with Crippen molar-refractivity contribution in [3.63, 3.8) is 0 Å². The molecule has 108 valence electrons. The highest BCUT2D eigenvalue weighted by Crippen LogP contribution is 2.28. The molecule has 0 N–H and O–H groups in total. The van der Waals surface area contributed by atoms with Gasteiger partial charge in [-0.05, 0) is 25.7 Å². The van der Waals surface area contributed by atoms with E-state index in [0.29, 0.717) is 5.92 Å². The fraction of sp³-hybridized carbons (Fsp3) is 0.812. The predicted octanol–water partition coefficient (Wildman–Crippen LogP) is 4.42. The van der Waals surface area contributed by atoms with E-state index in [9.17, 15) is 0 Å². The Morgan fingerprint density at radius 1 is 1.11 bits per heavy atom. The van der Waals surface area contributed by atoms with Crippen LogP contribution < -0.4 is 0 Å². The summed E-state index contributed by atoms with van der Waals surface area (Å²) in [6, 6.07) is 0. The second-order valence-corrected chi connectivity index (χ2v) is 6.12. The zero-order chi connectivity index (χ0) is 14.5. The van der Waals surface area contributed by atoms with Gasteiger partial charge in [0.05, 0.1) is 11.4 Å². The van der Waals surface area contributed by atoms with Crippen LogP contribution in [0.1, 0.15) is 90.4 Å².